The third-order valence-electron chi connectivity index (χ3n) is 1.62. The van der Waals surface area contributed by atoms with Crippen LogP contribution in [0.4, 0.5) is 17.1 Å². The Labute approximate surface area is 74.2 Å². The zero-order valence-electron chi connectivity index (χ0n) is 6.98. The van der Waals surface area contributed by atoms with Gasteiger partial charge in [0, 0.05) is 0 Å². The van der Waals surface area contributed by atoms with E-state index in [9.17, 15) is 10.1 Å². The second kappa shape index (κ2) is 3.18. The molecule has 0 unspecified atom stereocenters. The Kier molecular flexibility index (Phi) is 2.23. The average Bonchev–Trinajstić information content (AvgIpc) is 2.08. The molecule has 0 heterocycles. The normalized spacial score (nSPS) is 9.62. The summed E-state index contributed by atoms with van der Waals surface area (Å²) in [6.45, 7) is 0. The van der Waals surface area contributed by atoms with Gasteiger partial charge in [-0.1, -0.05) is 0 Å². The van der Waals surface area contributed by atoms with E-state index in [1.54, 1.807) is 0 Å². The van der Waals surface area contributed by atoms with Crippen LogP contribution in [0, 0.1) is 10.1 Å². The Morgan fingerprint density at radius 1 is 1.46 bits per heavy atom. The van der Waals surface area contributed by atoms with Crippen molar-refractivity contribution < 1.29 is 9.66 Å². The molecule has 0 amide bonds. The van der Waals surface area contributed by atoms with E-state index in [1.807, 2.05) is 0 Å². The van der Waals surface area contributed by atoms with Crippen LogP contribution in [0.15, 0.2) is 12.1 Å². The maximum absolute atomic E-state index is 10.5. The fourth-order valence-corrected chi connectivity index (χ4v) is 0.957. The highest BCUT2D eigenvalue weighted by Crippen LogP contribution is 2.36. The lowest BCUT2D eigenvalue weighted by molar-refractivity contribution is -0.384. The van der Waals surface area contributed by atoms with Gasteiger partial charge in [-0.15, -0.1) is 0 Å². The summed E-state index contributed by atoms with van der Waals surface area (Å²) < 4.78 is 4.77. The predicted octanol–water partition coefficient (Wildman–Crippen LogP) is 0.768. The first-order valence-corrected chi connectivity index (χ1v) is 3.44. The summed E-state index contributed by atoms with van der Waals surface area (Å²) >= 11 is 0. The van der Waals surface area contributed by atoms with Crippen LogP contribution >= 0.6 is 0 Å². The Balaban J connectivity index is 3.41. The van der Waals surface area contributed by atoms with Crippen LogP contribution in [0.3, 0.4) is 0 Å². The van der Waals surface area contributed by atoms with E-state index in [0.717, 1.165) is 0 Å². The summed E-state index contributed by atoms with van der Waals surface area (Å²) in [4.78, 5) is 9.92. The van der Waals surface area contributed by atoms with Crippen molar-refractivity contribution in [3.63, 3.8) is 0 Å². The molecule has 1 aromatic rings. The average molecular weight is 183 g/mol. The van der Waals surface area contributed by atoms with E-state index in [4.69, 9.17) is 16.2 Å². The zero-order chi connectivity index (χ0) is 10.0. The number of nitro groups is 1. The van der Waals surface area contributed by atoms with Crippen LogP contribution in [0.25, 0.3) is 0 Å². The first-order chi connectivity index (χ1) is 6.07. The molecule has 70 valence electrons. The summed E-state index contributed by atoms with van der Waals surface area (Å²) in [7, 11) is 1.33. The molecular formula is C7H9N3O3. The number of nitrogens with zero attached hydrogens (tertiary/aromatic N) is 1. The van der Waals surface area contributed by atoms with Crippen molar-refractivity contribution in [3.05, 3.63) is 22.2 Å². The van der Waals surface area contributed by atoms with Crippen molar-refractivity contribution >= 4 is 17.1 Å². The summed E-state index contributed by atoms with van der Waals surface area (Å²) in [6.07, 6.45) is 0. The van der Waals surface area contributed by atoms with Gasteiger partial charge < -0.3 is 16.2 Å². The number of methoxy groups -OCH3 is 1. The van der Waals surface area contributed by atoms with Gasteiger partial charge in [0.15, 0.2) is 5.75 Å². The van der Waals surface area contributed by atoms with E-state index in [-0.39, 0.29) is 22.8 Å². The monoisotopic (exact) mass is 183 g/mol. The van der Waals surface area contributed by atoms with E-state index in [0.29, 0.717) is 0 Å². The van der Waals surface area contributed by atoms with Crippen LogP contribution in [0.2, 0.25) is 0 Å². The number of hydrogen-bond acceptors (Lipinski definition) is 5. The van der Waals surface area contributed by atoms with Crippen LogP contribution in [-0.4, -0.2) is 12.0 Å². The first-order valence-electron chi connectivity index (χ1n) is 3.44. The predicted molar refractivity (Wildman–Crippen MR) is 48.5 cm³/mol. The fourth-order valence-electron chi connectivity index (χ4n) is 0.957. The molecule has 0 aliphatic rings. The number of nitrogens with two attached hydrogens (primary N) is 2. The SMILES string of the molecule is COc1ccc(N)c(N)c1[N+](=O)[O-]. The molecule has 6 nitrogen and oxygen atoms in total. The molecule has 0 bridgehead atoms. The molecule has 1 rings (SSSR count). The summed E-state index contributed by atoms with van der Waals surface area (Å²) in [5, 5.41) is 10.5. The topological polar surface area (TPSA) is 104 Å². The highest BCUT2D eigenvalue weighted by atomic mass is 16.6. The molecule has 0 spiro atoms. The van der Waals surface area contributed by atoms with Gasteiger partial charge in [-0.05, 0) is 12.1 Å². The minimum Gasteiger partial charge on any atom is -0.490 e. The van der Waals surface area contributed by atoms with Gasteiger partial charge in [0.25, 0.3) is 0 Å². The molecule has 0 saturated heterocycles. The minimum absolute atomic E-state index is 0.0654. The van der Waals surface area contributed by atoms with Crippen LogP contribution in [0.1, 0.15) is 0 Å². The van der Waals surface area contributed by atoms with Crippen LogP contribution in [-0.2, 0) is 0 Å². The molecule has 0 radical (unpaired) electrons. The lowest BCUT2D eigenvalue weighted by Crippen LogP contribution is -2.02. The fraction of sp³-hybridized carbons (Fsp3) is 0.143. The summed E-state index contributed by atoms with van der Waals surface area (Å²) in [6, 6.07) is 2.87. The number of anilines is 2. The number of nitro benzene ring substituents is 1. The largest absolute Gasteiger partial charge is 0.490 e. The highest BCUT2D eigenvalue weighted by molar-refractivity contribution is 5.78. The maximum atomic E-state index is 10.5. The number of hydrogen-bond donors (Lipinski definition) is 2. The quantitative estimate of drug-likeness (QED) is 0.400. The summed E-state index contributed by atoms with van der Waals surface area (Å²) in [5.74, 6) is 0.108. The summed E-state index contributed by atoms with van der Waals surface area (Å²) in [5.41, 5.74) is 10.6. The number of nitrogen functional groups attached to an aromatic ring is 2. The second-order valence-electron chi connectivity index (χ2n) is 2.38. The van der Waals surface area contributed by atoms with E-state index in [2.05, 4.69) is 0 Å². The first kappa shape index (κ1) is 9.11. The van der Waals surface area contributed by atoms with Gasteiger partial charge in [0.2, 0.25) is 0 Å². The zero-order valence-corrected chi connectivity index (χ0v) is 6.98. The van der Waals surface area contributed by atoms with Crippen molar-refractivity contribution in [1.82, 2.24) is 0 Å². The van der Waals surface area contributed by atoms with Crippen molar-refractivity contribution in [2.75, 3.05) is 18.6 Å². The minimum atomic E-state index is -0.621. The highest BCUT2D eigenvalue weighted by Gasteiger charge is 2.20. The third kappa shape index (κ3) is 1.46. The maximum Gasteiger partial charge on any atom is 0.335 e. The van der Waals surface area contributed by atoms with Crippen molar-refractivity contribution in [1.29, 1.82) is 0 Å². The van der Waals surface area contributed by atoms with Gasteiger partial charge in [-0.2, -0.15) is 0 Å². The molecule has 0 saturated carbocycles. The van der Waals surface area contributed by atoms with Gasteiger partial charge >= 0.3 is 5.69 Å². The second-order valence-corrected chi connectivity index (χ2v) is 2.38. The van der Waals surface area contributed by atoms with Gasteiger partial charge in [-0.3, -0.25) is 10.1 Å². The standard InChI is InChI=1S/C7H9N3O3/c1-13-5-3-2-4(8)6(9)7(5)10(11)12/h2-3H,8-9H2,1H3. The Hall–Kier alpha value is -1.98. The smallest absolute Gasteiger partial charge is 0.335 e. The molecule has 0 aromatic heterocycles. The Morgan fingerprint density at radius 3 is 2.54 bits per heavy atom. The van der Waals surface area contributed by atoms with Crippen LogP contribution < -0.4 is 16.2 Å². The molecular weight excluding hydrogens is 174 g/mol. The van der Waals surface area contributed by atoms with E-state index >= 15 is 0 Å². The number of ether oxygens (including phenoxy) is 1. The number of benzene rings is 1. The molecule has 0 aliphatic carbocycles. The van der Waals surface area contributed by atoms with E-state index < -0.39 is 4.92 Å². The molecule has 0 fully saturated rings. The lowest BCUT2D eigenvalue weighted by atomic mass is 10.2. The molecule has 0 atom stereocenters. The van der Waals surface area contributed by atoms with Crippen LogP contribution in [0.5, 0.6) is 5.75 Å². The third-order valence-corrected chi connectivity index (χ3v) is 1.62. The van der Waals surface area contributed by atoms with E-state index in [1.165, 1.54) is 19.2 Å². The van der Waals surface area contributed by atoms with Gasteiger partial charge in [0.05, 0.1) is 17.7 Å². The Bertz CT molecular complexity index is 351. The molecule has 6 heteroatoms. The molecule has 4 N–H and O–H groups in total. The van der Waals surface area contributed by atoms with Crippen molar-refractivity contribution in [2.24, 2.45) is 0 Å². The lowest BCUT2D eigenvalue weighted by Gasteiger charge is -2.05. The molecule has 13 heavy (non-hydrogen) atoms. The molecule has 0 aliphatic heterocycles. The number of rotatable bonds is 2. The van der Waals surface area contributed by atoms with Crippen molar-refractivity contribution in [2.45, 2.75) is 0 Å². The van der Waals surface area contributed by atoms with Crippen molar-refractivity contribution in [3.8, 4) is 5.75 Å². The Morgan fingerprint density at radius 2 is 2.08 bits per heavy atom. The van der Waals surface area contributed by atoms with Gasteiger partial charge in [-0.25, -0.2) is 0 Å². The van der Waals surface area contributed by atoms with Gasteiger partial charge in [0.1, 0.15) is 5.69 Å². The molecule has 1 aromatic carbocycles.